The molecular formula is C14H15N5O. The first-order valence-corrected chi connectivity index (χ1v) is 6.07. The van der Waals surface area contributed by atoms with Crippen molar-refractivity contribution in [1.29, 1.82) is 5.26 Å². The molecule has 2 N–H and O–H groups in total. The number of anilines is 2. The molecule has 0 aliphatic rings. The first kappa shape index (κ1) is 13.6. The summed E-state index contributed by atoms with van der Waals surface area (Å²) in [6.07, 6.45) is 3.23. The maximum absolute atomic E-state index is 8.54. The first-order valence-electron chi connectivity index (χ1n) is 6.07. The van der Waals surface area contributed by atoms with Gasteiger partial charge in [-0.3, -0.25) is 5.32 Å². The maximum atomic E-state index is 8.54. The number of nitrogens with zero attached hydrogens (tertiary/aromatic N) is 3. The van der Waals surface area contributed by atoms with Crippen LogP contribution in [0.2, 0.25) is 0 Å². The Morgan fingerprint density at radius 2 is 2.05 bits per heavy atom. The Kier molecular flexibility index (Phi) is 4.35. The summed E-state index contributed by atoms with van der Waals surface area (Å²) in [5.41, 5.74) is 2.21. The molecule has 2 aromatic rings. The standard InChI is InChI=1S/C14H15N5O/c1-10-5-11(3-4-12(10)20-2)7-16-13-6-14(17-8-15)19-9-18-13/h3-6,9H,7H2,1-2H3,(H2,16,17,18,19). The van der Waals surface area contributed by atoms with Crippen molar-refractivity contribution in [2.75, 3.05) is 17.7 Å². The van der Waals surface area contributed by atoms with E-state index in [9.17, 15) is 0 Å². The van der Waals surface area contributed by atoms with E-state index in [1.807, 2.05) is 25.2 Å². The number of nitriles is 1. The predicted molar refractivity (Wildman–Crippen MR) is 76.3 cm³/mol. The van der Waals surface area contributed by atoms with E-state index in [2.05, 4.69) is 26.7 Å². The van der Waals surface area contributed by atoms with E-state index in [0.29, 0.717) is 18.2 Å². The van der Waals surface area contributed by atoms with Crippen LogP contribution in [-0.2, 0) is 6.54 Å². The Morgan fingerprint density at radius 1 is 1.25 bits per heavy atom. The van der Waals surface area contributed by atoms with Crippen molar-refractivity contribution in [2.45, 2.75) is 13.5 Å². The number of ether oxygens (including phenoxy) is 1. The Hall–Kier alpha value is -2.81. The maximum Gasteiger partial charge on any atom is 0.182 e. The SMILES string of the molecule is COc1ccc(CNc2cc(NC#N)ncn2)cc1C. The summed E-state index contributed by atoms with van der Waals surface area (Å²) < 4.78 is 5.23. The van der Waals surface area contributed by atoms with Crippen LogP contribution in [0.5, 0.6) is 5.75 Å². The summed E-state index contributed by atoms with van der Waals surface area (Å²) in [6, 6.07) is 7.67. The normalized spacial score (nSPS) is 9.65. The van der Waals surface area contributed by atoms with Gasteiger partial charge in [-0.2, -0.15) is 5.26 Å². The van der Waals surface area contributed by atoms with Gasteiger partial charge in [-0.15, -0.1) is 0 Å². The molecule has 2 rings (SSSR count). The molecule has 6 heteroatoms. The molecule has 0 saturated heterocycles. The highest BCUT2D eigenvalue weighted by Gasteiger charge is 2.01. The third kappa shape index (κ3) is 3.36. The van der Waals surface area contributed by atoms with Crippen LogP contribution in [0.3, 0.4) is 0 Å². The molecule has 1 aromatic heterocycles. The number of rotatable bonds is 5. The van der Waals surface area contributed by atoms with Crippen molar-refractivity contribution >= 4 is 11.6 Å². The average Bonchev–Trinajstić information content (AvgIpc) is 2.46. The van der Waals surface area contributed by atoms with Gasteiger partial charge in [0.15, 0.2) is 6.19 Å². The van der Waals surface area contributed by atoms with Crippen LogP contribution in [0, 0.1) is 18.4 Å². The fraction of sp³-hybridized carbons (Fsp3) is 0.214. The van der Waals surface area contributed by atoms with E-state index in [-0.39, 0.29) is 0 Å². The minimum Gasteiger partial charge on any atom is -0.496 e. The van der Waals surface area contributed by atoms with Crippen LogP contribution >= 0.6 is 0 Å². The lowest BCUT2D eigenvalue weighted by Gasteiger charge is -2.09. The molecule has 0 spiro atoms. The second-order valence-electron chi connectivity index (χ2n) is 4.18. The van der Waals surface area contributed by atoms with Crippen molar-refractivity contribution in [2.24, 2.45) is 0 Å². The minimum absolute atomic E-state index is 0.468. The first-order chi connectivity index (χ1) is 9.72. The molecule has 0 fully saturated rings. The Labute approximate surface area is 117 Å². The van der Waals surface area contributed by atoms with E-state index in [4.69, 9.17) is 10.00 Å². The summed E-state index contributed by atoms with van der Waals surface area (Å²) in [5.74, 6) is 2.00. The summed E-state index contributed by atoms with van der Waals surface area (Å²) >= 11 is 0. The third-order valence-corrected chi connectivity index (χ3v) is 2.78. The molecule has 102 valence electrons. The lowest BCUT2D eigenvalue weighted by atomic mass is 10.1. The molecule has 0 saturated carbocycles. The van der Waals surface area contributed by atoms with Crippen molar-refractivity contribution in [3.05, 3.63) is 41.7 Å². The molecule has 0 radical (unpaired) electrons. The molecule has 0 bridgehead atoms. The fourth-order valence-electron chi connectivity index (χ4n) is 1.82. The highest BCUT2D eigenvalue weighted by molar-refractivity contribution is 5.48. The minimum atomic E-state index is 0.468. The lowest BCUT2D eigenvalue weighted by molar-refractivity contribution is 0.411. The van der Waals surface area contributed by atoms with E-state index in [1.54, 1.807) is 13.2 Å². The van der Waals surface area contributed by atoms with Crippen molar-refractivity contribution in [3.8, 4) is 11.9 Å². The van der Waals surface area contributed by atoms with Crippen molar-refractivity contribution < 1.29 is 4.74 Å². The summed E-state index contributed by atoms with van der Waals surface area (Å²) in [5, 5.41) is 14.2. The van der Waals surface area contributed by atoms with Gasteiger partial charge in [0.05, 0.1) is 7.11 Å². The van der Waals surface area contributed by atoms with E-state index < -0.39 is 0 Å². The molecular weight excluding hydrogens is 254 g/mol. The lowest BCUT2D eigenvalue weighted by Crippen LogP contribution is -2.03. The van der Waals surface area contributed by atoms with Gasteiger partial charge < -0.3 is 10.1 Å². The zero-order valence-corrected chi connectivity index (χ0v) is 11.3. The number of benzene rings is 1. The Bertz CT molecular complexity index is 636. The second-order valence-corrected chi connectivity index (χ2v) is 4.18. The molecule has 0 amide bonds. The smallest absolute Gasteiger partial charge is 0.182 e. The van der Waals surface area contributed by atoms with Gasteiger partial charge in [-0.25, -0.2) is 9.97 Å². The number of aromatic nitrogens is 2. The Morgan fingerprint density at radius 3 is 2.75 bits per heavy atom. The van der Waals surface area contributed by atoms with Crippen LogP contribution < -0.4 is 15.4 Å². The summed E-state index contributed by atoms with van der Waals surface area (Å²) in [4.78, 5) is 8.02. The van der Waals surface area contributed by atoms with Gasteiger partial charge in [0.2, 0.25) is 0 Å². The van der Waals surface area contributed by atoms with E-state index >= 15 is 0 Å². The van der Waals surface area contributed by atoms with Gasteiger partial charge in [0.1, 0.15) is 23.7 Å². The molecule has 1 heterocycles. The molecule has 0 aliphatic carbocycles. The predicted octanol–water partition coefficient (Wildman–Crippen LogP) is 2.30. The third-order valence-electron chi connectivity index (χ3n) is 2.78. The topological polar surface area (TPSA) is 82.9 Å². The highest BCUT2D eigenvalue weighted by Crippen LogP contribution is 2.19. The van der Waals surface area contributed by atoms with Crippen LogP contribution in [0.4, 0.5) is 11.6 Å². The van der Waals surface area contributed by atoms with Gasteiger partial charge >= 0.3 is 0 Å². The zero-order chi connectivity index (χ0) is 14.4. The highest BCUT2D eigenvalue weighted by atomic mass is 16.5. The number of methoxy groups -OCH3 is 1. The molecule has 20 heavy (non-hydrogen) atoms. The van der Waals surface area contributed by atoms with Crippen LogP contribution in [-0.4, -0.2) is 17.1 Å². The molecule has 0 aliphatic heterocycles. The number of hydrogen-bond acceptors (Lipinski definition) is 6. The zero-order valence-electron chi connectivity index (χ0n) is 11.3. The summed E-state index contributed by atoms with van der Waals surface area (Å²) in [7, 11) is 1.66. The molecule has 0 unspecified atom stereocenters. The van der Waals surface area contributed by atoms with Gasteiger partial charge in [-0.1, -0.05) is 12.1 Å². The van der Waals surface area contributed by atoms with Crippen molar-refractivity contribution in [1.82, 2.24) is 9.97 Å². The Balaban J connectivity index is 2.03. The second kappa shape index (κ2) is 6.38. The molecule has 6 nitrogen and oxygen atoms in total. The average molecular weight is 269 g/mol. The van der Waals surface area contributed by atoms with Gasteiger partial charge in [0, 0.05) is 12.6 Å². The monoisotopic (exact) mass is 269 g/mol. The number of hydrogen-bond donors (Lipinski definition) is 2. The number of nitrogens with one attached hydrogen (secondary N) is 2. The number of aryl methyl sites for hydroxylation is 1. The van der Waals surface area contributed by atoms with Crippen LogP contribution in [0.1, 0.15) is 11.1 Å². The van der Waals surface area contributed by atoms with Gasteiger partial charge in [0.25, 0.3) is 0 Å². The van der Waals surface area contributed by atoms with Crippen LogP contribution in [0.15, 0.2) is 30.6 Å². The fourth-order valence-corrected chi connectivity index (χ4v) is 1.82. The molecule has 0 atom stereocenters. The van der Waals surface area contributed by atoms with E-state index in [0.717, 1.165) is 16.9 Å². The van der Waals surface area contributed by atoms with Gasteiger partial charge in [-0.05, 0) is 24.1 Å². The molecule has 1 aromatic carbocycles. The summed E-state index contributed by atoms with van der Waals surface area (Å²) in [6.45, 7) is 2.63. The van der Waals surface area contributed by atoms with E-state index in [1.165, 1.54) is 6.33 Å². The largest absolute Gasteiger partial charge is 0.496 e. The quantitative estimate of drug-likeness (QED) is 0.640. The van der Waals surface area contributed by atoms with Crippen LogP contribution in [0.25, 0.3) is 0 Å². The van der Waals surface area contributed by atoms with Crippen molar-refractivity contribution in [3.63, 3.8) is 0 Å².